The van der Waals surface area contributed by atoms with Crippen molar-refractivity contribution < 1.29 is 15.3 Å². The molecular weight excluding hydrogens is 260 g/mol. The Balaban J connectivity index is 0.000000347. The molecule has 0 aliphatic heterocycles. The average Bonchev–Trinajstić information content (AvgIpc) is 2.75. The maximum absolute atomic E-state index is 11.7. The fourth-order valence-corrected chi connectivity index (χ4v) is 1.87. The molecule has 112 valence electrons. The Kier molecular flexibility index (Phi) is 5.62. The van der Waals surface area contributed by atoms with Crippen molar-refractivity contribution in [2.45, 2.75) is 45.4 Å². The molecule has 0 fully saturated rings. The molecule has 0 amide bonds. The number of hydrogen-bond donors (Lipinski definition) is 3. The third-order valence-electron chi connectivity index (χ3n) is 2.72. The zero-order valence-electron chi connectivity index (χ0n) is 12.1. The van der Waals surface area contributed by atoms with Gasteiger partial charge in [0.1, 0.15) is 0 Å². The minimum atomic E-state index is -1.50. The minimum absolute atomic E-state index is 0.0251. The summed E-state index contributed by atoms with van der Waals surface area (Å²) < 4.78 is 1.62. The van der Waals surface area contributed by atoms with E-state index in [1.807, 2.05) is 6.08 Å². The zero-order chi connectivity index (χ0) is 15.3. The molecule has 3 N–H and O–H groups in total. The van der Waals surface area contributed by atoms with Crippen molar-refractivity contribution in [1.82, 2.24) is 9.55 Å². The van der Waals surface area contributed by atoms with Gasteiger partial charge in [0, 0.05) is 11.8 Å². The molecule has 1 aromatic heterocycles. The molecule has 1 atom stereocenters. The van der Waals surface area contributed by atoms with E-state index in [1.165, 1.54) is 19.9 Å². The van der Waals surface area contributed by atoms with E-state index in [4.69, 9.17) is 15.3 Å². The number of aromatic nitrogens is 2. The first-order valence-electron chi connectivity index (χ1n) is 6.50. The summed E-state index contributed by atoms with van der Waals surface area (Å²) in [4.78, 5) is 15.8. The number of aliphatic hydroxyl groups excluding tert-OH is 1. The SMILES string of the molecule is CC(C)(O)O.Cc1cc(=O)n(C2C=C(CO)CC2)cn1. The van der Waals surface area contributed by atoms with Crippen molar-refractivity contribution in [2.24, 2.45) is 0 Å². The van der Waals surface area contributed by atoms with E-state index < -0.39 is 5.79 Å². The molecule has 0 aromatic carbocycles. The first kappa shape index (κ1) is 16.6. The second-order valence-corrected chi connectivity index (χ2v) is 5.36. The van der Waals surface area contributed by atoms with Crippen LogP contribution in [0.25, 0.3) is 0 Å². The number of rotatable bonds is 2. The van der Waals surface area contributed by atoms with Crippen LogP contribution in [-0.4, -0.2) is 37.3 Å². The normalized spacial score (nSPS) is 18.3. The lowest BCUT2D eigenvalue weighted by Gasteiger charge is -2.10. The van der Waals surface area contributed by atoms with E-state index in [-0.39, 0.29) is 18.2 Å². The molecule has 6 nitrogen and oxygen atoms in total. The molecule has 20 heavy (non-hydrogen) atoms. The van der Waals surface area contributed by atoms with Gasteiger partial charge >= 0.3 is 0 Å². The summed E-state index contributed by atoms with van der Waals surface area (Å²) in [6.45, 7) is 4.49. The largest absolute Gasteiger partial charge is 0.392 e. The highest BCUT2D eigenvalue weighted by Gasteiger charge is 2.17. The Hall–Kier alpha value is -1.50. The lowest BCUT2D eigenvalue weighted by atomic mass is 10.2. The predicted octanol–water partition coefficient (Wildman–Crippen LogP) is 0.512. The molecule has 6 heteroatoms. The van der Waals surface area contributed by atoms with Crippen LogP contribution in [0, 0.1) is 6.92 Å². The quantitative estimate of drug-likeness (QED) is 0.542. The van der Waals surface area contributed by atoms with Crippen LogP contribution >= 0.6 is 0 Å². The molecule has 1 heterocycles. The van der Waals surface area contributed by atoms with Crippen LogP contribution in [0.15, 0.2) is 28.8 Å². The summed E-state index contributed by atoms with van der Waals surface area (Å²) in [5.41, 5.74) is 1.72. The predicted molar refractivity (Wildman–Crippen MR) is 75.2 cm³/mol. The van der Waals surface area contributed by atoms with Crippen LogP contribution in [0.2, 0.25) is 0 Å². The summed E-state index contributed by atoms with van der Waals surface area (Å²) in [5, 5.41) is 25.1. The fourth-order valence-electron chi connectivity index (χ4n) is 1.87. The van der Waals surface area contributed by atoms with Gasteiger partial charge in [0.2, 0.25) is 0 Å². The van der Waals surface area contributed by atoms with E-state index in [1.54, 1.807) is 17.8 Å². The van der Waals surface area contributed by atoms with Gasteiger partial charge in [0.05, 0.1) is 19.0 Å². The highest BCUT2D eigenvalue weighted by atomic mass is 16.5. The van der Waals surface area contributed by atoms with Crippen LogP contribution < -0.4 is 5.56 Å². The summed E-state index contributed by atoms with van der Waals surface area (Å²) in [6, 6.07) is 1.60. The third kappa shape index (κ3) is 5.64. The number of aliphatic hydroxyl groups is 3. The molecule has 0 radical (unpaired) electrons. The van der Waals surface area contributed by atoms with Gasteiger partial charge in [0.15, 0.2) is 5.79 Å². The van der Waals surface area contributed by atoms with Crippen LogP contribution in [0.3, 0.4) is 0 Å². The third-order valence-corrected chi connectivity index (χ3v) is 2.72. The van der Waals surface area contributed by atoms with E-state index in [2.05, 4.69) is 4.98 Å². The van der Waals surface area contributed by atoms with Gasteiger partial charge in [-0.15, -0.1) is 0 Å². The van der Waals surface area contributed by atoms with Gasteiger partial charge in [-0.25, -0.2) is 4.98 Å². The van der Waals surface area contributed by atoms with Crippen molar-refractivity contribution >= 4 is 0 Å². The Morgan fingerprint density at radius 1 is 1.45 bits per heavy atom. The second kappa shape index (κ2) is 6.78. The smallest absolute Gasteiger partial charge is 0.254 e. The summed E-state index contributed by atoms with van der Waals surface area (Å²) in [5.74, 6) is -1.50. The number of hydrogen-bond acceptors (Lipinski definition) is 5. The van der Waals surface area contributed by atoms with E-state index in [0.717, 1.165) is 24.1 Å². The van der Waals surface area contributed by atoms with Gasteiger partial charge in [-0.2, -0.15) is 0 Å². The van der Waals surface area contributed by atoms with Crippen molar-refractivity contribution in [3.63, 3.8) is 0 Å². The zero-order valence-corrected chi connectivity index (χ0v) is 12.1. The molecule has 0 saturated heterocycles. The number of allylic oxidation sites excluding steroid dienone is 1. The van der Waals surface area contributed by atoms with Crippen molar-refractivity contribution in [3.8, 4) is 0 Å². The summed E-state index contributed by atoms with van der Waals surface area (Å²) in [7, 11) is 0. The molecule has 1 aromatic rings. The Morgan fingerprint density at radius 2 is 2.05 bits per heavy atom. The van der Waals surface area contributed by atoms with Crippen LogP contribution in [-0.2, 0) is 0 Å². The molecule has 0 spiro atoms. The Bertz CT molecular complexity index is 523. The maximum Gasteiger partial charge on any atom is 0.254 e. The van der Waals surface area contributed by atoms with Crippen LogP contribution in [0.5, 0.6) is 0 Å². The molecule has 1 unspecified atom stereocenters. The van der Waals surface area contributed by atoms with Crippen LogP contribution in [0.4, 0.5) is 0 Å². The molecule has 1 aliphatic rings. The second-order valence-electron chi connectivity index (χ2n) is 5.36. The van der Waals surface area contributed by atoms with Gasteiger partial charge in [0.25, 0.3) is 5.56 Å². The highest BCUT2D eigenvalue weighted by molar-refractivity contribution is 5.14. The molecule has 1 aliphatic carbocycles. The minimum Gasteiger partial charge on any atom is -0.392 e. The number of aryl methyl sites for hydroxylation is 1. The highest BCUT2D eigenvalue weighted by Crippen LogP contribution is 2.26. The lowest BCUT2D eigenvalue weighted by Crippen LogP contribution is -2.22. The maximum atomic E-state index is 11.7. The van der Waals surface area contributed by atoms with Gasteiger partial charge in [-0.05, 0) is 39.2 Å². The first-order valence-corrected chi connectivity index (χ1v) is 6.50. The fraction of sp³-hybridized carbons (Fsp3) is 0.571. The van der Waals surface area contributed by atoms with Crippen molar-refractivity contribution in [2.75, 3.05) is 6.61 Å². The van der Waals surface area contributed by atoms with E-state index in [0.29, 0.717) is 0 Å². The van der Waals surface area contributed by atoms with Crippen molar-refractivity contribution in [1.29, 1.82) is 0 Å². The summed E-state index contributed by atoms with van der Waals surface area (Å²) >= 11 is 0. The standard InChI is InChI=1S/C11H14N2O2.C3H8O2/c1-8-4-11(15)13(7-12-8)10-3-2-9(5-10)6-14;1-3(2,4)5/h4-5,7,10,14H,2-3,6H2,1H3;4-5H,1-2H3. The monoisotopic (exact) mass is 282 g/mol. The average molecular weight is 282 g/mol. The summed E-state index contributed by atoms with van der Waals surface area (Å²) in [6.07, 6.45) is 5.28. The van der Waals surface area contributed by atoms with E-state index >= 15 is 0 Å². The Labute approximate surface area is 118 Å². The molecular formula is C14H22N2O4. The van der Waals surface area contributed by atoms with Gasteiger partial charge < -0.3 is 15.3 Å². The van der Waals surface area contributed by atoms with Gasteiger partial charge in [-0.3, -0.25) is 9.36 Å². The van der Waals surface area contributed by atoms with E-state index in [9.17, 15) is 4.79 Å². The van der Waals surface area contributed by atoms with Gasteiger partial charge in [-0.1, -0.05) is 6.08 Å². The molecule has 0 saturated carbocycles. The van der Waals surface area contributed by atoms with Crippen molar-refractivity contribution in [3.05, 3.63) is 40.1 Å². The van der Waals surface area contributed by atoms with Crippen LogP contribution in [0.1, 0.15) is 38.4 Å². The molecule has 0 bridgehead atoms. The lowest BCUT2D eigenvalue weighted by molar-refractivity contribution is -0.127. The first-order chi connectivity index (χ1) is 9.20. The molecule has 2 rings (SSSR count). The topological polar surface area (TPSA) is 95.6 Å². The Morgan fingerprint density at radius 3 is 2.50 bits per heavy atom. The number of nitrogens with zero attached hydrogens (tertiary/aromatic N) is 2.